The Morgan fingerprint density at radius 2 is 1.92 bits per heavy atom. The van der Waals surface area contributed by atoms with Crippen LogP contribution in [0.3, 0.4) is 0 Å². The highest BCUT2D eigenvalue weighted by molar-refractivity contribution is 6.06. The maximum atomic E-state index is 13.0. The SMILES string of the molecule is CCCN(C(=O)C1CC1)[C@@H](C)C(=O)c1c(C)[nH]c(C(=O)OC)c1C. The van der Waals surface area contributed by atoms with Crippen molar-refractivity contribution in [3.63, 3.8) is 0 Å². The van der Waals surface area contributed by atoms with Gasteiger partial charge in [-0.15, -0.1) is 0 Å². The van der Waals surface area contributed by atoms with Gasteiger partial charge < -0.3 is 14.6 Å². The highest BCUT2D eigenvalue weighted by Gasteiger charge is 2.37. The van der Waals surface area contributed by atoms with Crippen LogP contribution < -0.4 is 0 Å². The van der Waals surface area contributed by atoms with Crippen molar-refractivity contribution in [1.82, 2.24) is 9.88 Å². The summed E-state index contributed by atoms with van der Waals surface area (Å²) in [6.45, 7) is 7.80. The molecule has 6 heteroatoms. The van der Waals surface area contributed by atoms with E-state index in [9.17, 15) is 14.4 Å². The van der Waals surface area contributed by atoms with Gasteiger partial charge in [-0.3, -0.25) is 9.59 Å². The molecule has 1 heterocycles. The lowest BCUT2D eigenvalue weighted by Gasteiger charge is -2.28. The summed E-state index contributed by atoms with van der Waals surface area (Å²) in [6, 6.07) is -0.545. The fourth-order valence-electron chi connectivity index (χ4n) is 3.08. The first-order valence-corrected chi connectivity index (χ1v) is 8.45. The lowest BCUT2D eigenvalue weighted by atomic mass is 9.99. The Morgan fingerprint density at radius 3 is 2.42 bits per heavy atom. The molecule has 0 aromatic carbocycles. The zero-order valence-electron chi connectivity index (χ0n) is 15.1. The first-order valence-electron chi connectivity index (χ1n) is 8.45. The summed E-state index contributed by atoms with van der Waals surface area (Å²) >= 11 is 0. The fraction of sp³-hybridized carbons (Fsp3) is 0.611. The van der Waals surface area contributed by atoms with Gasteiger partial charge in [0, 0.05) is 23.7 Å². The van der Waals surface area contributed by atoms with Gasteiger partial charge in [-0.05, 0) is 45.6 Å². The summed E-state index contributed by atoms with van der Waals surface area (Å²) in [6.07, 6.45) is 2.62. The van der Waals surface area contributed by atoms with E-state index in [4.69, 9.17) is 4.74 Å². The van der Waals surface area contributed by atoms with Gasteiger partial charge in [-0.1, -0.05) is 6.92 Å². The molecule has 1 aromatic rings. The summed E-state index contributed by atoms with van der Waals surface area (Å²) < 4.78 is 4.74. The molecular formula is C18H26N2O4. The molecule has 2 rings (SSSR count). The number of ketones is 1. The lowest BCUT2D eigenvalue weighted by Crippen LogP contribution is -2.44. The largest absolute Gasteiger partial charge is 0.464 e. The Balaban J connectivity index is 2.30. The molecule has 0 aliphatic heterocycles. The second kappa shape index (κ2) is 7.20. The number of aryl methyl sites for hydroxylation is 1. The van der Waals surface area contributed by atoms with E-state index in [1.807, 2.05) is 6.92 Å². The van der Waals surface area contributed by atoms with E-state index < -0.39 is 12.0 Å². The molecular weight excluding hydrogens is 308 g/mol. The van der Waals surface area contributed by atoms with Crippen LogP contribution in [0.2, 0.25) is 0 Å². The number of carbonyl (C=O) groups is 3. The number of esters is 1. The number of Topliss-reactive ketones (excluding diaryl/α,β-unsaturated/α-hetero) is 1. The van der Waals surface area contributed by atoms with Gasteiger partial charge in [-0.2, -0.15) is 0 Å². The molecule has 1 atom stereocenters. The van der Waals surface area contributed by atoms with Gasteiger partial charge >= 0.3 is 5.97 Å². The molecule has 0 saturated heterocycles. The van der Waals surface area contributed by atoms with Crippen LogP contribution in [-0.2, 0) is 9.53 Å². The summed E-state index contributed by atoms with van der Waals surface area (Å²) in [7, 11) is 1.30. The average molecular weight is 334 g/mol. The van der Waals surface area contributed by atoms with E-state index in [2.05, 4.69) is 4.98 Å². The molecule has 0 radical (unpaired) electrons. The molecule has 1 aliphatic carbocycles. The van der Waals surface area contributed by atoms with E-state index in [0.717, 1.165) is 19.3 Å². The maximum Gasteiger partial charge on any atom is 0.354 e. The predicted octanol–water partition coefficient (Wildman–Crippen LogP) is 2.64. The van der Waals surface area contributed by atoms with Crippen molar-refractivity contribution in [2.75, 3.05) is 13.7 Å². The van der Waals surface area contributed by atoms with Gasteiger partial charge in [0.15, 0.2) is 5.78 Å². The fourth-order valence-corrected chi connectivity index (χ4v) is 3.08. The number of methoxy groups -OCH3 is 1. The van der Waals surface area contributed by atoms with Crippen LogP contribution in [0.1, 0.15) is 65.2 Å². The number of aromatic nitrogens is 1. The van der Waals surface area contributed by atoms with Crippen LogP contribution in [-0.4, -0.2) is 47.2 Å². The Hall–Kier alpha value is -2.11. The van der Waals surface area contributed by atoms with E-state index in [0.29, 0.717) is 29.1 Å². The second-order valence-electron chi connectivity index (χ2n) is 6.46. The van der Waals surface area contributed by atoms with Crippen LogP contribution in [0.5, 0.6) is 0 Å². The summed E-state index contributed by atoms with van der Waals surface area (Å²) in [4.78, 5) is 41.9. The van der Waals surface area contributed by atoms with Crippen molar-refractivity contribution >= 4 is 17.7 Å². The minimum absolute atomic E-state index is 0.0664. The third kappa shape index (κ3) is 3.37. The molecule has 24 heavy (non-hydrogen) atoms. The van der Waals surface area contributed by atoms with E-state index in [-0.39, 0.29) is 17.6 Å². The van der Waals surface area contributed by atoms with Crippen molar-refractivity contribution in [1.29, 1.82) is 0 Å². The topological polar surface area (TPSA) is 79.5 Å². The molecule has 6 nitrogen and oxygen atoms in total. The number of nitrogens with one attached hydrogen (secondary N) is 1. The van der Waals surface area contributed by atoms with Crippen LogP contribution in [0, 0.1) is 19.8 Å². The lowest BCUT2D eigenvalue weighted by molar-refractivity contribution is -0.133. The number of hydrogen-bond donors (Lipinski definition) is 1. The Bertz CT molecular complexity index is 658. The van der Waals surface area contributed by atoms with Crippen molar-refractivity contribution in [2.24, 2.45) is 5.92 Å². The van der Waals surface area contributed by atoms with Gasteiger partial charge in [0.05, 0.1) is 13.2 Å². The smallest absolute Gasteiger partial charge is 0.354 e. The predicted molar refractivity (Wildman–Crippen MR) is 90.1 cm³/mol. The zero-order valence-corrected chi connectivity index (χ0v) is 15.1. The molecule has 132 valence electrons. The van der Waals surface area contributed by atoms with Crippen LogP contribution in [0.4, 0.5) is 0 Å². The number of H-pyrrole nitrogens is 1. The molecule has 1 aliphatic rings. The Morgan fingerprint density at radius 1 is 1.29 bits per heavy atom. The maximum absolute atomic E-state index is 13.0. The van der Waals surface area contributed by atoms with Crippen molar-refractivity contribution in [3.05, 3.63) is 22.5 Å². The van der Waals surface area contributed by atoms with Gasteiger partial charge in [0.25, 0.3) is 0 Å². The highest BCUT2D eigenvalue weighted by Crippen LogP contribution is 2.32. The van der Waals surface area contributed by atoms with Crippen molar-refractivity contribution in [3.8, 4) is 0 Å². The van der Waals surface area contributed by atoms with E-state index >= 15 is 0 Å². The average Bonchev–Trinajstić information content (AvgIpc) is 3.36. The quantitative estimate of drug-likeness (QED) is 0.614. The van der Waals surface area contributed by atoms with Crippen LogP contribution in [0.25, 0.3) is 0 Å². The van der Waals surface area contributed by atoms with Crippen molar-refractivity contribution in [2.45, 2.75) is 53.0 Å². The highest BCUT2D eigenvalue weighted by atomic mass is 16.5. The third-order valence-corrected chi connectivity index (χ3v) is 4.59. The second-order valence-corrected chi connectivity index (χ2v) is 6.46. The molecule has 1 N–H and O–H groups in total. The van der Waals surface area contributed by atoms with Crippen molar-refractivity contribution < 1.29 is 19.1 Å². The van der Waals surface area contributed by atoms with Gasteiger partial charge in [-0.25, -0.2) is 4.79 Å². The van der Waals surface area contributed by atoms with Gasteiger partial charge in [0.1, 0.15) is 5.69 Å². The summed E-state index contributed by atoms with van der Waals surface area (Å²) in [5.41, 5.74) is 1.97. The number of hydrogen-bond acceptors (Lipinski definition) is 4. The first-order chi connectivity index (χ1) is 11.3. The van der Waals surface area contributed by atoms with E-state index in [1.165, 1.54) is 7.11 Å². The molecule has 0 spiro atoms. The number of amides is 1. The number of nitrogens with zero attached hydrogens (tertiary/aromatic N) is 1. The molecule has 0 unspecified atom stereocenters. The minimum atomic E-state index is -0.545. The number of rotatable bonds is 7. The Labute approximate surface area is 142 Å². The zero-order chi connectivity index (χ0) is 18.0. The number of ether oxygens (including phenoxy) is 1. The minimum Gasteiger partial charge on any atom is -0.464 e. The number of aromatic amines is 1. The van der Waals surface area contributed by atoms with Gasteiger partial charge in [0.2, 0.25) is 5.91 Å². The summed E-state index contributed by atoms with van der Waals surface area (Å²) in [5, 5.41) is 0. The third-order valence-electron chi connectivity index (χ3n) is 4.59. The van der Waals surface area contributed by atoms with E-state index in [1.54, 1.807) is 25.7 Å². The Kier molecular flexibility index (Phi) is 5.47. The molecule has 1 amide bonds. The molecule has 1 aromatic heterocycles. The summed E-state index contributed by atoms with van der Waals surface area (Å²) in [5.74, 6) is -0.497. The molecule has 1 fully saturated rings. The standard InChI is InChI=1S/C18H26N2O4/c1-6-9-20(17(22)13-7-8-13)12(4)16(21)14-10(2)15(18(23)24-5)19-11(14)3/h12-13,19H,6-9H2,1-5H3/t12-/m0/s1. The number of carbonyl (C=O) groups excluding carboxylic acids is 3. The normalized spacial score (nSPS) is 15.0. The molecule has 0 bridgehead atoms. The monoisotopic (exact) mass is 334 g/mol. The van der Waals surface area contributed by atoms with Crippen LogP contribution in [0.15, 0.2) is 0 Å². The van der Waals surface area contributed by atoms with Crippen LogP contribution >= 0.6 is 0 Å². The molecule has 1 saturated carbocycles. The first kappa shape index (κ1) is 18.2.